The Morgan fingerprint density at radius 2 is 1.60 bits per heavy atom. The van der Waals surface area contributed by atoms with Crippen LogP contribution in [-0.2, 0) is 6.42 Å². The van der Waals surface area contributed by atoms with E-state index in [0.717, 1.165) is 25.1 Å². The number of carbonyl (C=O) groups is 1. The Bertz CT molecular complexity index is 686. The third-order valence-electron chi connectivity index (χ3n) is 4.79. The summed E-state index contributed by atoms with van der Waals surface area (Å²) in [4.78, 5) is 15.0. The smallest absolute Gasteiger partial charge is 0.251 e. The number of amides is 1. The van der Waals surface area contributed by atoms with Gasteiger partial charge in [-0.15, -0.1) is 0 Å². The van der Waals surface area contributed by atoms with E-state index in [1.165, 1.54) is 30.5 Å². The molecule has 132 valence electrons. The van der Waals surface area contributed by atoms with Crippen LogP contribution in [0.3, 0.4) is 0 Å². The van der Waals surface area contributed by atoms with Crippen molar-refractivity contribution in [2.75, 3.05) is 18.0 Å². The minimum Gasteiger partial charge on any atom is -0.372 e. The first kappa shape index (κ1) is 17.5. The Hall–Kier alpha value is -2.29. The number of nitrogens with one attached hydrogen (secondary N) is 1. The molecule has 0 unspecified atom stereocenters. The van der Waals surface area contributed by atoms with Crippen molar-refractivity contribution in [1.82, 2.24) is 5.32 Å². The highest BCUT2D eigenvalue weighted by Gasteiger charge is 2.22. The van der Waals surface area contributed by atoms with E-state index < -0.39 is 0 Å². The number of anilines is 1. The van der Waals surface area contributed by atoms with Gasteiger partial charge in [0.25, 0.3) is 5.91 Å². The van der Waals surface area contributed by atoms with Gasteiger partial charge in [0, 0.05) is 29.9 Å². The van der Waals surface area contributed by atoms with E-state index in [2.05, 4.69) is 48.3 Å². The number of rotatable bonds is 5. The Morgan fingerprint density at radius 1 is 0.960 bits per heavy atom. The summed E-state index contributed by atoms with van der Waals surface area (Å²) >= 11 is 0. The summed E-state index contributed by atoms with van der Waals surface area (Å²) in [5.41, 5.74) is 2.89. The highest BCUT2D eigenvalue weighted by atomic mass is 16.1. The molecule has 0 aromatic heterocycles. The topological polar surface area (TPSA) is 32.3 Å². The zero-order valence-electron chi connectivity index (χ0n) is 15.3. The second-order valence-electron chi connectivity index (χ2n) is 7.59. The summed E-state index contributed by atoms with van der Waals surface area (Å²) in [5, 5.41) is 3.17. The van der Waals surface area contributed by atoms with Crippen LogP contribution in [0.5, 0.6) is 0 Å². The van der Waals surface area contributed by atoms with E-state index >= 15 is 0 Å². The minimum absolute atomic E-state index is 0.00822. The summed E-state index contributed by atoms with van der Waals surface area (Å²) in [6.45, 7) is 6.38. The fourth-order valence-electron chi connectivity index (χ4n) is 3.51. The van der Waals surface area contributed by atoms with Crippen molar-refractivity contribution in [2.24, 2.45) is 0 Å². The number of nitrogens with zero attached hydrogens (tertiary/aromatic N) is 1. The summed E-state index contributed by atoms with van der Waals surface area (Å²) in [5.74, 6) is -0.00822. The summed E-state index contributed by atoms with van der Waals surface area (Å²) in [6, 6.07) is 18.3. The number of carbonyl (C=O) groups excluding carboxylic acids is 1. The van der Waals surface area contributed by atoms with E-state index in [4.69, 9.17) is 0 Å². The van der Waals surface area contributed by atoms with Crippen molar-refractivity contribution >= 4 is 11.6 Å². The van der Waals surface area contributed by atoms with Crippen LogP contribution >= 0.6 is 0 Å². The highest BCUT2D eigenvalue weighted by molar-refractivity contribution is 5.95. The second-order valence-corrected chi connectivity index (χ2v) is 7.59. The number of hydrogen-bond donors (Lipinski definition) is 1. The van der Waals surface area contributed by atoms with Gasteiger partial charge in [0.1, 0.15) is 0 Å². The van der Waals surface area contributed by atoms with Gasteiger partial charge in [0.05, 0.1) is 0 Å². The Kier molecular flexibility index (Phi) is 5.42. The molecule has 3 heteroatoms. The zero-order chi connectivity index (χ0) is 17.7. The molecular weight excluding hydrogens is 308 g/mol. The Labute approximate surface area is 151 Å². The molecule has 0 saturated carbocycles. The predicted molar refractivity (Wildman–Crippen MR) is 104 cm³/mol. The fraction of sp³-hybridized carbons (Fsp3) is 0.409. The van der Waals surface area contributed by atoms with Gasteiger partial charge >= 0.3 is 0 Å². The monoisotopic (exact) mass is 336 g/mol. The van der Waals surface area contributed by atoms with Crippen molar-refractivity contribution in [3.05, 3.63) is 65.7 Å². The maximum atomic E-state index is 12.6. The van der Waals surface area contributed by atoms with Crippen LogP contribution in [0.4, 0.5) is 5.69 Å². The molecule has 1 amide bonds. The molecule has 1 aliphatic rings. The molecule has 0 aliphatic carbocycles. The first-order valence-electron chi connectivity index (χ1n) is 9.25. The van der Waals surface area contributed by atoms with Gasteiger partial charge < -0.3 is 10.2 Å². The van der Waals surface area contributed by atoms with E-state index in [0.29, 0.717) is 0 Å². The molecule has 25 heavy (non-hydrogen) atoms. The normalized spacial score (nSPS) is 15.0. The lowest BCUT2D eigenvalue weighted by molar-refractivity contribution is 0.0913. The van der Waals surface area contributed by atoms with Crippen LogP contribution in [-0.4, -0.2) is 24.5 Å². The molecule has 2 aromatic rings. The molecule has 0 bridgehead atoms. The zero-order valence-corrected chi connectivity index (χ0v) is 15.3. The number of benzene rings is 2. The molecule has 1 saturated heterocycles. The van der Waals surface area contributed by atoms with Gasteiger partial charge in [-0.3, -0.25) is 4.79 Å². The first-order chi connectivity index (χ1) is 12.0. The predicted octanol–water partition coefficient (Wildman–Crippen LogP) is 4.43. The lowest BCUT2D eigenvalue weighted by atomic mass is 9.94. The SMILES string of the molecule is CC(C)(Cc1ccccc1)NC(=O)c1ccc(N2CCCCC2)cc1. The van der Waals surface area contributed by atoms with Crippen LogP contribution < -0.4 is 10.2 Å². The highest BCUT2D eigenvalue weighted by Crippen LogP contribution is 2.21. The quantitative estimate of drug-likeness (QED) is 0.876. The van der Waals surface area contributed by atoms with Crippen molar-refractivity contribution in [2.45, 2.75) is 45.1 Å². The molecule has 0 atom stereocenters. The van der Waals surface area contributed by atoms with E-state index in [1.807, 2.05) is 30.3 Å². The first-order valence-corrected chi connectivity index (χ1v) is 9.25. The summed E-state index contributed by atoms with van der Waals surface area (Å²) in [6.07, 6.45) is 4.66. The molecule has 3 rings (SSSR count). The van der Waals surface area contributed by atoms with Crippen LogP contribution in [0.2, 0.25) is 0 Å². The molecular formula is C22H28N2O. The van der Waals surface area contributed by atoms with Crippen LogP contribution in [0.1, 0.15) is 49.0 Å². The average Bonchev–Trinajstić information content (AvgIpc) is 2.62. The molecule has 1 heterocycles. The third kappa shape index (κ3) is 4.85. The Balaban J connectivity index is 1.62. The molecule has 1 N–H and O–H groups in total. The maximum absolute atomic E-state index is 12.6. The van der Waals surface area contributed by atoms with Crippen molar-refractivity contribution < 1.29 is 4.79 Å². The van der Waals surface area contributed by atoms with Crippen LogP contribution in [0, 0.1) is 0 Å². The van der Waals surface area contributed by atoms with E-state index in [-0.39, 0.29) is 11.4 Å². The lowest BCUT2D eigenvalue weighted by Gasteiger charge is -2.29. The van der Waals surface area contributed by atoms with Crippen LogP contribution in [0.25, 0.3) is 0 Å². The molecule has 3 nitrogen and oxygen atoms in total. The average molecular weight is 336 g/mol. The molecule has 0 radical (unpaired) electrons. The maximum Gasteiger partial charge on any atom is 0.251 e. The molecule has 0 spiro atoms. The standard InChI is InChI=1S/C22H28N2O/c1-22(2,17-18-9-5-3-6-10-18)23-21(25)19-11-13-20(14-12-19)24-15-7-4-8-16-24/h3,5-6,9-14H,4,7-8,15-17H2,1-2H3,(H,23,25). The molecule has 1 aliphatic heterocycles. The largest absolute Gasteiger partial charge is 0.372 e. The third-order valence-corrected chi connectivity index (χ3v) is 4.79. The minimum atomic E-state index is -0.288. The van der Waals surface area contributed by atoms with Gasteiger partial charge in [0.15, 0.2) is 0 Å². The van der Waals surface area contributed by atoms with Crippen molar-refractivity contribution in [1.29, 1.82) is 0 Å². The van der Waals surface area contributed by atoms with Gasteiger partial charge in [-0.25, -0.2) is 0 Å². The van der Waals surface area contributed by atoms with Crippen molar-refractivity contribution in [3.8, 4) is 0 Å². The summed E-state index contributed by atoms with van der Waals surface area (Å²) < 4.78 is 0. The lowest BCUT2D eigenvalue weighted by Crippen LogP contribution is -2.45. The summed E-state index contributed by atoms with van der Waals surface area (Å²) in [7, 11) is 0. The van der Waals surface area contributed by atoms with Gasteiger partial charge in [-0.2, -0.15) is 0 Å². The molecule has 2 aromatic carbocycles. The molecule has 1 fully saturated rings. The van der Waals surface area contributed by atoms with Gasteiger partial charge in [-0.1, -0.05) is 30.3 Å². The fourth-order valence-corrected chi connectivity index (χ4v) is 3.51. The van der Waals surface area contributed by atoms with Gasteiger partial charge in [-0.05, 0) is 69.4 Å². The van der Waals surface area contributed by atoms with E-state index in [9.17, 15) is 4.79 Å². The van der Waals surface area contributed by atoms with Crippen LogP contribution in [0.15, 0.2) is 54.6 Å². The van der Waals surface area contributed by atoms with E-state index in [1.54, 1.807) is 0 Å². The Morgan fingerprint density at radius 3 is 2.24 bits per heavy atom. The van der Waals surface area contributed by atoms with Gasteiger partial charge in [0.2, 0.25) is 0 Å². The number of hydrogen-bond acceptors (Lipinski definition) is 2. The second kappa shape index (κ2) is 7.73. The van der Waals surface area contributed by atoms with Crippen molar-refractivity contribution in [3.63, 3.8) is 0 Å². The number of piperidine rings is 1.